The van der Waals surface area contributed by atoms with Gasteiger partial charge < -0.3 is 10.6 Å². The van der Waals surface area contributed by atoms with Gasteiger partial charge in [0, 0.05) is 25.2 Å². The highest BCUT2D eigenvalue weighted by atomic mass is 15.0. The van der Waals surface area contributed by atoms with Crippen molar-refractivity contribution >= 4 is 0 Å². The largest absolute Gasteiger partial charge is 0.316 e. The Hall–Kier alpha value is -0.0800. The minimum absolute atomic E-state index is 0.651. The molecule has 2 nitrogen and oxygen atoms in total. The maximum absolute atomic E-state index is 3.65. The average molecular weight is 182 g/mol. The summed E-state index contributed by atoms with van der Waals surface area (Å²) in [5.74, 6) is 0. The molecule has 0 atom stereocenters. The van der Waals surface area contributed by atoms with Gasteiger partial charge >= 0.3 is 0 Å². The fraction of sp³-hybridized carbons (Fsp3) is 1.00. The van der Waals surface area contributed by atoms with Crippen LogP contribution in [0.5, 0.6) is 0 Å². The first-order valence-electron chi connectivity index (χ1n) is 5.67. The Labute approximate surface area is 81.5 Å². The van der Waals surface area contributed by atoms with Gasteiger partial charge in [0.15, 0.2) is 0 Å². The summed E-state index contributed by atoms with van der Waals surface area (Å²) >= 11 is 0. The van der Waals surface area contributed by atoms with Gasteiger partial charge in [0.05, 0.1) is 0 Å². The van der Waals surface area contributed by atoms with Crippen LogP contribution in [-0.2, 0) is 0 Å². The third kappa shape index (κ3) is 2.05. The van der Waals surface area contributed by atoms with Crippen molar-refractivity contribution in [3.63, 3.8) is 0 Å². The van der Waals surface area contributed by atoms with Crippen LogP contribution in [0.2, 0.25) is 0 Å². The van der Waals surface area contributed by atoms with Crippen LogP contribution in [0, 0.1) is 5.41 Å². The second-order valence-electron chi connectivity index (χ2n) is 5.20. The Kier molecular flexibility index (Phi) is 2.61. The molecule has 0 amide bonds. The van der Waals surface area contributed by atoms with Crippen molar-refractivity contribution in [2.24, 2.45) is 5.41 Å². The van der Waals surface area contributed by atoms with E-state index in [9.17, 15) is 0 Å². The minimum Gasteiger partial charge on any atom is -0.316 e. The van der Waals surface area contributed by atoms with E-state index in [4.69, 9.17) is 0 Å². The normalized spacial score (nSPS) is 27.9. The number of hydrogen-bond acceptors (Lipinski definition) is 2. The van der Waals surface area contributed by atoms with Gasteiger partial charge in [-0.3, -0.25) is 0 Å². The molecule has 0 unspecified atom stereocenters. The SMILES string of the molecule is CC(C)NC1CCC2(CC1)CNC2. The average Bonchev–Trinajstić information content (AvgIpc) is 2.02. The summed E-state index contributed by atoms with van der Waals surface area (Å²) in [5.41, 5.74) is 0.717. The van der Waals surface area contributed by atoms with Gasteiger partial charge in [0.1, 0.15) is 0 Å². The molecular weight excluding hydrogens is 160 g/mol. The van der Waals surface area contributed by atoms with E-state index in [1.165, 1.54) is 38.8 Å². The second kappa shape index (κ2) is 3.58. The lowest BCUT2D eigenvalue weighted by molar-refractivity contribution is 0.0895. The first-order chi connectivity index (χ1) is 6.20. The smallest absolute Gasteiger partial charge is 0.00698 e. The van der Waals surface area contributed by atoms with E-state index in [-0.39, 0.29) is 0 Å². The van der Waals surface area contributed by atoms with Crippen LogP contribution < -0.4 is 10.6 Å². The summed E-state index contributed by atoms with van der Waals surface area (Å²) < 4.78 is 0. The highest BCUT2D eigenvalue weighted by molar-refractivity contribution is 4.97. The van der Waals surface area contributed by atoms with E-state index >= 15 is 0 Å². The van der Waals surface area contributed by atoms with Crippen molar-refractivity contribution in [1.82, 2.24) is 10.6 Å². The maximum atomic E-state index is 3.65. The Morgan fingerprint density at radius 2 is 1.85 bits per heavy atom. The predicted octanol–water partition coefficient (Wildman–Crippen LogP) is 1.52. The topological polar surface area (TPSA) is 24.1 Å². The van der Waals surface area contributed by atoms with Gasteiger partial charge in [-0.25, -0.2) is 0 Å². The third-order valence-electron chi connectivity index (χ3n) is 3.62. The van der Waals surface area contributed by atoms with Crippen molar-refractivity contribution in [3.8, 4) is 0 Å². The van der Waals surface area contributed by atoms with Crippen LogP contribution in [0.15, 0.2) is 0 Å². The molecule has 1 aliphatic carbocycles. The molecule has 1 spiro atoms. The Bertz CT molecular complexity index is 163. The summed E-state index contributed by atoms with van der Waals surface area (Å²) in [5, 5.41) is 7.05. The molecule has 2 N–H and O–H groups in total. The fourth-order valence-electron chi connectivity index (χ4n) is 2.70. The van der Waals surface area contributed by atoms with Gasteiger partial charge in [-0.2, -0.15) is 0 Å². The molecular formula is C11H22N2. The molecule has 1 saturated heterocycles. The summed E-state index contributed by atoms with van der Waals surface area (Å²) in [4.78, 5) is 0. The monoisotopic (exact) mass is 182 g/mol. The Morgan fingerprint density at radius 1 is 1.23 bits per heavy atom. The molecule has 0 bridgehead atoms. The van der Waals surface area contributed by atoms with E-state index in [1.54, 1.807) is 0 Å². The van der Waals surface area contributed by atoms with Gasteiger partial charge in [-0.05, 0) is 31.1 Å². The van der Waals surface area contributed by atoms with Crippen molar-refractivity contribution in [3.05, 3.63) is 0 Å². The molecule has 2 heteroatoms. The second-order valence-corrected chi connectivity index (χ2v) is 5.20. The molecule has 0 aromatic rings. The number of nitrogens with one attached hydrogen (secondary N) is 2. The Morgan fingerprint density at radius 3 is 2.23 bits per heavy atom. The first-order valence-corrected chi connectivity index (χ1v) is 5.67. The summed E-state index contributed by atoms with van der Waals surface area (Å²) in [7, 11) is 0. The molecule has 0 radical (unpaired) electrons. The lowest BCUT2D eigenvalue weighted by atomic mass is 9.68. The minimum atomic E-state index is 0.651. The zero-order valence-electron chi connectivity index (χ0n) is 8.90. The summed E-state index contributed by atoms with van der Waals surface area (Å²) in [6.45, 7) is 7.05. The van der Waals surface area contributed by atoms with Crippen molar-refractivity contribution in [2.45, 2.75) is 51.6 Å². The van der Waals surface area contributed by atoms with E-state index in [2.05, 4.69) is 24.5 Å². The zero-order chi connectivity index (χ0) is 9.31. The van der Waals surface area contributed by atoms with Crippen molar-refractivity contribution < 1.29 is 0 Å². The van der Waals surface area contributed by atoms with Crippen molar-refractivity contribution in [1.29, 1.82) is 0 Å². The van der Waals surface area contributed by atoms with Crippen LogP contribution in [0.1, 0.15) is 39.5 Å². The fourth-order valence-corrected chi connectivity index (χ4v) is 2.70. The maximum Gasteiger partial charge on any atom is 0.00698 e. The van der Waals surface area contributed by atoms with Gasteiger partial charge in [0.2, 0.25) is 0 Å². The molecule has 1 heterocycles. The van der Waals surface area contributed by atoms with Crippen LogP contribution in [0.4, 0.5) is 0 Å². The zero-order valence-corrected chi connectivity index (χ0v) is 8.90. The van der Waals surface area contributed by atoms with Crippen molar-refractivity contribution in [2.75, 3.05) is 13.1 Å². The highest BCUT2D eigenvalue weighted by Crippen LogP contribution is 2.39. The molecule has 2 aliphatic rings. The molecule has 1 aliphatic heterocycles. The summed E-state index contributed by atoms with van der Waals surface area (Å²) in [6.07, 6.45) is 5.65. The quantitative estimate of drug-likeness (QED) is 0.676. The lowest BCUT2D eigenvalue weighted by Crippen LogP contribution is -2.56. The van der Waals surface area contributed by atoms with E-state index in [0.717, 1.165) is 11.5 Å². The molecule has 2 fully saturated rings. The van der Waals surface area contributed by atoms with Crippen LogP contribution in [-0.4, -0.2) is 25.2 Å². The van der Waals surface area contributed by atoms with Gasteiger partial charge in [-0.15, -0.1) is 0 Å². The molecule has 2 rings (SSSR count). The standard InChI is InChI=1S/C11H22N2/c1-9(2)13-10-3-5-11(6-4-10)7-12-8-11/h9-10,12-13H,3-8H2,1-2H3. The van der Waals surface area contributed by atoms with E-state index in [0.29, 0.717) is 6.04 Å². The third-order valence-corrected chi connectivity index (χ3v) is 3.62. The summed E-state index contributed by atoms with van der Waals surface area (Å²) in [6, 6.07) is 1.45. The lowest BCUT2D eigenvalue weighted by Gasteiger charge is -2.47. The number of hydrogen-bond donors (Lipinski definition) is 2. The van der Waals surface area contributed by atoms with Crippen LogP contribution >= 0.6 is 0 Å². The van der Waals surface area contributed by atoms with E-state index < -0.39 is 0 Å². The predicted molar refractivity (Wildman–Crippen MR) is 55.8 cm³/mol. The molecule has 1 saturated carbocycles. The first kappa shape index (κ1) is 9.47. The molecule has 76 valence electrons. The highest BCUT2D eigenvalue weighted by Gasteiger charge is 2.39. The van der Waals surface area contributed by atoms with Crippen LogP contribution in [0.3, 0.4) is 0 Å². The number of rotatable bonds is 2. The molecule has 0 aromatic heterocycles. The van der Waals surface area contributed by atoms with Gasteiger partial charge in [0.25, 0.3) is 0 Å². The Balaban J connectivity index is 1.76. The molecule has 13 heavy (non-hydrogen) atoms. The van der Waals surface area contributed by atoms with Crippen LogP contribution in [0.25, 0.3) is 0 Å². The molecule has 0 aromatic carbocycles. The van der Waals surface area contributed by atoms with Gasteiger partial charge in [-0.1, -0.05) is 13.8 Å². The van der Waals surface area contributed by atoms with E-state index in [1.807, 2.05) is 0 Å².